The van der Waals surface area contributed by atoms with E-state index in [-0.39, 0.29) is 0 Å². The lowest BCUT2D eigenvalue weighted by Crippen LogP contribution is -2.12. The predicted octanol–water partition coefficient (Wildman–Crippen LogP) is 7.17. The SMILES string of the molecule is O=[N+]([O-])c1ccccc1OP(=O)(Oc1ccccc1[N+](=O)[O-])OP(=O)(Oc1ccccc1[N+](=O)[O-])Oc1ccccc1[N+](=O)[O-]. The van der Waals surface area contributed by atoms with Crippen LogP contribution in [0.2, 0.25) is 0 Å². The van der Waals surface area contributed by atoms with Crippen LogP contribution in [0.25, 0.3) is 0 Å². The van der Waals surface area contributed by atoms with Crippen LogP contribution in [0, 0.1) is 40.5 Å². The number of nitrogens with zero attached hydrogens (tertiary/aromatic N) is 4. The van der Waals surface area contributed by atoms with Gasteiger partial charge >= 0.3 is 38.4 Å². The van der Waals surface area contributed by atoms with Crippen LogP contribution >= 0.6 is 15.6 Å². The van der Waals surface area contributed by atoms with Crippen molar-refractivity contribution >= 4 is 38.4 Å². The predicted molar refractivity (Wildman–Crippen MR) is 151 cm³/mol. The van der Waals surface area contributed by atoms with Gasteiger partial charge in [-0.25, -0.2) is 9.13 Å². The second-order valence-electron chi connectivity index (χ2n) is 8.24. The Morgan fingerprint density at radius 3 is 0.800 bits per heavy atom. The Balaban J connectivity index is 1.90. The number of phosphoric acid groups is 2. The molecule has 0 aliphatic carbocycles. The lowest BCUT2D eigenvalue weighted by molar-refractivity contribution is -0.385. The molecule has 4 aromatic rings. The third-order valence-corrected chi connectivity index (χ3v) is 8.57. The van der Waals surface area contributed by atoms with Gasteiger partial charge < -0.3 is 18.1 Å². The number of nitro benzene ring substituents is 4. The molecule has 0 saturated carbocycles. The fourth-order valence-electron chi connectivity index (χ4n) is 3.45. The molecule has 4 rings (SSSR count). The van der Waals surface area contributed by atoms with Gasteiger partial charge in [0, 0.05) is 24.3 Å². The van der Waals surface area contributed by atoms with E-state index in [0.717, 1.165) is 48.5 Å². The molecule has 0 aliphatic heterocycles. The normalized spacial score (nSPS) is 11.2. The van der Waals surface area contributed by atoms with Crippen LogP contribution in [-0.2, 0) is 13.4 Å². The topological polar surface area (TPSA) is 253 Å². The Morgan fingerprint density at radius 2 is 0.600 bits per heavy atom. The first-order chi connectivity index (χ1) is 21.3. The van der Waals surface area contributed by atoms with Crippen molar-refractivity contribution in [2.75, 3.05) is 0 Å². The highest BCUT2D eigenvalue weighted by molar-refractivity contribution is 7.63. The number of hydrogen-bond donors (Lipinski definition) is 0. The van der Waals surface area contributed by atoms with Crippen molar-refractivity contribution in [3.63, 3.8) is 0 Å². The van der Waals surface area contributed by atoms with E-state index in [1.807, 2.05) is 0 Å². The summed E-state index contributed by atoms with van der Waals surface area (Å²) < 4.78 is 54.4. The number of benzene rings is 4. The molecule has 0 unspecified atom stereocenters. The van der Waals surface area contributed by atoms with E-state index in [0.29, 0.717) is 0 Å². The summed E-state index contributed by atoms with van der Waals surface area (Å²) in [6.45, 7) is 0. The minimum atomic E-state index is -5.73. The molecule has 4 aromatic carbocycles. The molecular formula is C24H16N4O15P2. The van der Waals surface area contributed by atoms with Crippen molar-refractivity contribution in [1.29, 1.82) is 0 Å². The van der Waals surface area contributed by atoms with Gasteiger partial charge in [-0.15, -0.1) is 4.31 Å². The molecule has 0 radical (unpaired) electrons. The van der Waals surface area contributed by atoms with Gasteiger partial charge in [-0.05, 0) is 24.3 Å². The van der Waals surface area contributed by atoms with Crippen LogP contribution in [-0.4, -0.2) is 19.7 Å². The molecule has 0 aromatic heterocycles. The third kappa shape index (κ3) is 7.74. The Kier molecular flexibility index (Phi) is 9.37. The van der Waals surface area contributed by atoms with Crippen LogP contribution in [0.5, 0.6) is 23.0 Å². The summed E-state index contributed by atoms with van der Waals surface area (Å²) in [6.07, 6.45) is 0. The van der Waals surface area contributed by atoms with Crippen LogP contribution in [0.15, 0.2) is 97.1 Å². The standard InChI is InChI=1S/C24H16N4O15P2/c29-25(30)17-9-1-5-13-21(17)39-44(37,40-22-14-6-2-10-18(22)26(31)32)43-45(38,41-23-15-7-3-11-19(23)27(33)34)42-24-16-8-4-12-20(24)28(35)36/h1-16H. The highest BCUT2D eigenvalue weighted by Gasteiger charge is 2.49. The smallest absolute Gasteiger partial charge is 0.387 e. The van der Waals surface area contributed by atoms with Crippen LogP contribution in [0.1, 0.15) is 0 Å². The van der Waals surface area contributed by atoms with Crippen molar-refractivity contribution in [3.8, 4) is 23.0 Å². The molecule has 0 heterocycles. The molecule has 0 fully saturated rings. The fourth-order valence-corrected chi connectivity index (χ4v) is 6.62. The van der Waals surface area contributed by atoms with Crippen LogP contribution in [0.4, 0.5) is 22.7 Å². The average Bonchev–Trinajstić information content (AvgIpc) is 2.97. The number of hydrogen-bond acceptors (Lipinski definition) is 15. The number of nitro groups is 4. The first-order valence-corrected chi connectivity index (χ1v) is 14.9. The van der Waals surface area contributed by atoms with E-state index in [1.165, 1.54) is 48.5 Å². The third-order valence-electron chi connectivity index (χ3n) is 5.29. The zero-order valence-corrected chi connectivity index (χ0v) is 23.8. The van der Waals surface area contributed by atoms with Crippen molar-refractivity contribution < 1.29 is 51.2 Å². The minimum absolute atomic E-state index is 0.813. The highest BCUT2D eigenvalue weighted by atomic mass is 31.3. The molecule has 0 aliphatic rings. The lowest BCUT2D eigenvalue weighted by atomic mass is 10.3. The minimum Gasteiger partial charge on any atom is -0.387 e. The molecule has 0 spiro atoms. The Morgan fingerprint density at radius 1 is 0.400 bits per heavy atom. The quantitative estimate of drug-likeness (QED) is 0.0736. The first kappa shape index (κ1) is 32.0. The van der Waals surface area contributed by atoms with Crippen molar-refractivity contribution in [1.82, 2.24) is 0 Å². The van der Waals surface area contributed by atoms with Crippen LogP contribution < -0.4 is 18.1 Å². The van der Waals surface area contributed by atoms with Gasteiger partial charge in [0.2, 0.25) is 23.0 Å². The second-order valence-corrected chi connectivity index (χ2v) is 11.4. The van der Waals surface area contributed by atoms with Gasteiger partial charge in [0.15, 0.2) is 0 Å². The summed E-state index contributed by atoms with van der Waals surface area (Å²) in [4.78, 5) is 42.6. The maximum absolute atomic E-state index is 14.2. The van der Waals surface area contributed by atoms with Gasteiger partial charge in [-0.2, -0.15) is 0 Å². The average molecular weight is 662 g/mol. The van der Waals surface area contributed by atoms with Gasteiger partial charge in [0.1, 0.15) is 0 Å². The molecule has 0 atom stereocenters. The van der Waals surface area contributed by atoms with Gasteiger partial charge in [-0.1, -0.05) is 48.5 Å². The number of para-hydroxylation sites is 8. The highest BCUT2D eigenvalue weighted by Crippen LogP contribution is 2.66. The molecule has 45 heavy (non-hydrogen) atoms. The maximum atomic E-state index is 14.2. The van der Waals surface area contributed by atoms with Crippen LogP contribution in [0.3, 0.4) is 0 Å². The molecule has 0 N–H and O–H groups in total. The van der Waals surface area contributed by atoms with E-state index < -0.39 is 81.1 Å². The first-order valence-electron chi connectivity index (χ1n) is 11.9. The zero-order chi connectivity index (χ0) is 32.8. The summed E-state index contributed by atoms with van der Waals surface area (Å²) in [5.41, 5.74) is -3.27. The van der Waals surface area contributed by atoms with E-state index in [1.54, 1.807) is 0 Å². The Labute approximate surface area is 250 Å². The van der Waals surface area contributed by atoms with Crippen molar-refractivity contribution in [2.45, 2.75) is 0 Å². The summed E-state index contributed by atoms with van der Waals surface area (Å²) in [5, 5.41) is 46.5. The Hall–Kier alpha value is -5.90. The van der Waals surface area contributed by atoms with Gasteiger partial charge in [0.25, 0.3) is 0 Å². The second kappa shape index (κ2) is 13.2. The van der Waals surface area contributed by atoms with E-state index in [4.69, 9.17) is 22.4 Å². The maximum Gasteiger partial charge on any atom is 0.598 e. The molecule has 232 valence electrons. The van der Waals surface area contributed by atoms with Gasteiger partial charge in [-0.3, -0.25) is 40.5 Å². The fraction of sp³-hybridized carbons (Fsp3) is 0. The van der Waals surface area contributed by atoms with Crippen molar-refractivity contribution in [2.24, 2.45) is 0 Å². The Bertz CT molecular complexity index is 1640. The molecule has 21 heteroatoms. The van der Waals surface area contributed by atoms with E-state index in [2.05, 4.69) is 0 Å². The summed E-state index contributed by atoms with van der Waals surface area (Å²) >= 11 is 0. The van der Waals surface area contributed by atoms with E-state index >= 15 is 0 Å². The monoisotopic (exact) mass is 662 g/mol. The molecule has 0 saturated heterocycles. The summed E-state index contributed by atoms with van der Waals surface area (Å²) in [6, 6.07) is 17.0. The number of rotatable bonds is 14. The molecular weight excluding hydrogens is 646 g/mol. The number of phosphoric ester groups is 2. The summed E-state index contributed by atoms with van der Waals surface area (Å²) in [5.74, 6) is -3.25. The van der Waals surface area contributed by atoms with Crippen molar-refractivity contribution in [3.05, 3.63) is 138 Å². The molecule has 0 bridgehead atoms. The summed E-state index contributed by atoms with van der Waals surface area (Å²) in [7, 11) is -11.5. The largest absolute Gasteiger partial charge is 0.598 e. The zero-order valence-electron chi connectivity index (χ0n) is 22.0. The lowest BCUT2D eigenvalue weighted by Gasteiger charge is -2.23. The molecule has 0 amide bonds. The molecule has 19 nitrogen and oxygen atoms in total. The van der Waals surface area contributed by atoms with Gasteiger partial charge in [0.05, 0.1) is 19.7 Å². The van der Waals surface area contributed by atoms with E-state index in [9.17, 15) is 49.6 Å².